The fourth-order valence-electron chi connectivity index (χ4n) is 3.67. The summed E-state index contributed by atoms with van der Waals surface area (Å²) >= 11 is 0. The van der Waals surface area contributed by atoms with Gasteiger partial charge in [0.2, 0.25) is 5.91 Å². The third-order valence-electron chi connectivity index (χ3n) is 5.14. The van der Waals surface area contributed by atoms with Crippen molar-refractivity contribution in [3.63, 3.8) is 0 Å². The van der Waals surface area contributed by atoms with Crippen LogP contribution in [0.2, 0.25) is 0 Å². The second-order valence-corrected chi connectivity index (χ2v) is 7.04. The van der Waals surface area contributed by atoms with E-state index in [0.717, 1.165) is 37.7 Å². The van der Waals surface area contributed by atoms with Crippen molar-refractivity contribution in [3.05, 3.63) is 48.5 Å². The van der Waals surface area contributed by atoms with E-state index in [1.165, 1.54) is 4.90 Å². The molecule has 0 bridgehead atoms. The molecule has 2 aromatic carbocycles. The number of nitrogens with zero attached hydrogens (tertiary/aromatic N) is 2. The molecular formula is C22H25N3O4. The highest BCUT2D eigenvalue weighted by molar-refractivity contribution is 6.23. The molecule has 2 fully saturated rings. The molecular weight excluding hydrogens is 370 g/mol. The van der Waals surface area contributed by atoms with E-state index in [4.69, 9.17) is 9.47 Å². The quantitative estimate of drug-likeness (QED) is 0.759. The van der Waals surface area contributed by atoms with Crippen LogP contribution in [0.4, 0.5) is 17.1 Å². The Bertz CT molecular complexity index is 861. The monoisotopic (exact) mass is 395 g/mol. The van der Waals surface area contributed by atoms with Crippen LogP contribution in [0.5, 0.6) is 5.75 Å². The smallest absolute Gasteiger partial charge is 0.256 e. The van der Waals surface area contributed by atoms with E-state index in [2.05, 4.69) is 10.2 Å². The molecule has 0 aromatic heterocycles. The zero-order chi connectivity index (χ0) is 20.2. The van der Waals surface area contributed by atoms with Crippen molar-refractivity contribution in [2.24, 2.45) is 0 Å². The van der Waals surface area contributed by atoms with Gasteiger partial charge in [-0.2, -0.15) is 0 Å². The van der Waals surface area contributed by atoms with Gasteiger partial charge in [-0.25, -0.2) is 4.90 Å². The number of carbonyl (C=O) groups is 2. The molecule has 2 amide bonds. The summed E-state index contributed by atoms with van der Waals surface area (Å²) in [7, 11) is 0. The Morgan fingerprint density at radius 1 is 1.00 bits per heavy atom. The molecule has 152 valence electrons. The fourth-order valence-corrected chi connectivity index (χ4v) is 3.67. The summed E-state index contributed by atoms with van der Waals surface area (Å²) in [5, 5.41) is 3.20. The number of benzene rings is 2. The largest absolute Gasteiger partial charge is 0.494 e. The van der Waals surface area contributed by atoms with Gasteiger partial charge in [-0.05, 0) is 55.5 Å². The number of rotatable bonds is 6. The lowest BCUT2D eigenvalue weighted by Gasteiger charge is -2.29. The maximum absolute atomic E-state index is 12.8. The Hall–Kier alpha value is -3.06. The van der Waals surface area contributed by atoms with Crippen LogP contribution in [0.1, 0.15) is 13.3 Å². The maximum atomic E-state index is 12.8. The minimum absolute atomic E-state index is 0.136. The normalized spacial score (nSPS) is 19.6. The number of hydrogen-bond donors (Lipinski definition) is 1. The number of imide groups is 1. The van der Waals surface area contributed by atoms with Crippen LogP contribution in [-0.2, 0) is 14.3 Å². The number of anilines is 3. The molecule has 0 spiro atoms. The Morgan fingerprint density at radius 2 is 1.66 bits per heavy atom. The summed E-state index contributed by atoms with van der Waals surface area (Å²) in [6, 6.07) is 14.4. The van der Waals surface area contributed by atoms with E-state index in [1.807, 2.05) is 31.2 Å². The van der Waals surface area contributed by atoms with E-state index in [-0.39, 0.29) is 18.2 Å². The Morgan fingerprint density at radius 3 is 2.31 bits per heavy atom. The third-order valence-corrected chi connectivity index (χ3v) is 5.14. The molecule has 2 aliphatic heterocycles. The van der Waals surface area contributed by atoms with Crippen LogP contribution in [0.3, 0.4) is 0 Å². The predicted molar refractivity (Wildman–Crippen MR) is 112 cm³/mol. The van der Waals surface area contributed by atoms with Gasteiger partial charge in [0.1, 0.15) is 11.8 Å². The van der Waals surface area contributed by atoms with E-state index < -0.39 is 6.04 Å². The maximum Gasteiger partial charge on any atom is 0.256 e. The first-order chi connectivity index (χ1) is 14.2. The summed E-state index contributed by atoms with van der Waals surface area (Å²) < 4.78 is 10.8. The van der Waals surface area contributed by atoms with Gasteiger partial charge >= 0.3 is 0 Å². The number of morpholine rings is 1. The average molecular weight is 395 g/mol. The van der Waals surface area contributed by atoms with Gasteiger partial charge in [0.05, 0.1) is 31.9 Å². The van der Waals surface area contributed by atoms with E-state index in [1.54, 1.807) is 24.3 Å². The highest BCUT2D eigenvalue weighted by Crippen LogP contribution is 2.27. The molecule has 0 unspecified atom stereocenters. The first-order valence-electron chi connectivity index (χ1n) is 9.94. The van der Waals surface area contributed by atoms with E-state index >= 15 is 0 Å². The third kappa shape index (κ3) is 4.19. The van der Waals surface area contributed by atoms with Crippen LogP contribution in [-0.4, -0.2) is 50.8 Å². The van der Waals surface area contributed by atoms with Gasteiger partial charge in [0, 0.05) is 24.5 Å². The topological polar surface area (TPSA) is 71.1 Å². The van der Waals surface area contributed by atoms with Crippen molar-refractivity contribution >= 4 is 28.9 Å². The van der Waals surface area contributed by atoms with Crippen LogP contribution in [0, 0.1) is 0 Å². The highest BCUT2D eigenvalue weighted by Gasteiger charge is 2.39. The molecule has 7 nitrogen and oxygen atoms in total. The van der Waals surface area contributed by atoms with Gasteiger partial charge in [-0.15, -0.1) is 0 Å². The van der Waals surface area contributed by atoms with Crippen molar-refractivity contribution in [1.82, 2.24) is 0 Å². The minimum Gasteiger partial charge on any atom is -0.494 e. The second kappa shape index (κ2) is 8.53. The van der Waals surface area contributed by atoms with Crippen molar-refractivity contribution < 1.29 is 19.1 Å². The first kappa shape index (κ1) is 19.3. The molecule has 2 heterocycles. The molecule has 1 N–H and O–H groups in total. The lowest BCUT2D eigenvalue weighted by atomic mass is 10.2. The first-order valence-corrected chi connectivity index (χ1v) is 9.94. The summed E-state index contributed by atoms with van der Waals surface area (Å²) in [6.45, 7) is 5.70. The lowest BCUT2D eigenvalue weighted by molar-refractivity contribution is -0.121. The molecule has 7 heteroatoms. The van der Waals surface area contributed by atoms with Gasteiger partial charge < -0.3 is 19.7 Å². The fraction of sp³-hybridized carbons (Fsp3) is 0.364. The predicted octanol–water partition coefficient (Wildman–Crippen LogP) is 2.67. The number of amides is 2. The summed E-state index contributed by atoms with van der Waals surface area (Å²) in [5.41, 5.74) is 2.51. The number of hydrogen-bond acceptors (Lipinski definition) is 6. The number of carbonyl (C=O) groups excluding carboxylic acids is 2. The van der Waals surface area contributed by atoms with Crippen molar-refractivity contribution in [3.8, 4) is 5.75 Å². The molecule has 0 radical (unpaired) electrons. The second-order valence-electron chi connectivity index (χ2n) is 7.04. The molecule has 2 aliphatic rings. The van der Waals surface area contributed by atoms with Gasteiger partial charge in [-0.3, -0.25) is 9.59 Å². The lowest BCUT2D eigenvalue weighted by Crippen LogP contribution is -2.36. The Kier molecular flexibility index (Phi) is 5.67. The zero-order valence-electron chi connectivity index (χ0n) is 16.5. The molecule has 2 aromatic rings. The molecule has 0 aliphatic carbocycles. The van der Waals surface area contributed by atoms with E-state index in [9.17, 15) is 9.59 Å². The van der Waals surface area contributed by atoms with Crippen molar-refractivity contribution in [1.29, 1.82) is 0 Å². The van der Waals surface area contributed by atoms with Crippen LogP contribution >= 0.6 is 0 Å². The minimum atomic E-state index is -0.566. The summed E-state index contributed by atoms with van der Waals surface area (Å²) in [4.78, 5) is 28.8. The van der Waals surface area contributed by atoms with Crippen LogP contribution in [0.15, 0.2) is 48.5 Å². The molecule has 0 saturated carbocycles. The van der Waals surface area contributed by atoms with Crippen LogP contribution in [0.25, 0.3) is 0 Å². The summed E-state index contributed by atoms with van der Waals surface area (Å²) in [5.74, 6) is 0.267. The van der Waals surface area contributed by atoms with Gasteiger partial charge in [0.15, 0.2) is 0 Å². The molecule has 29 heavy (non-hydrogen) atoms. The SMILES string of the molecule is CCOc1ccc(N2C(=O)C[C@H](Nc3ccc(N4CCOCC4)cc3)C2=O)cc1. The molecule has 4 rings (SSSR count). The molecule has 2 saturated heterocycles. The Balaban J connectivity index is 1.42. The van der Waals surface area contributed by atoms with Gasteiger partial charge in [0.25, 0.3) is 5.91 Å². The Labute approximate surface area is 170 Å². The molecule has 1 atom stereocenters. The van der Waals surface area contributed by atoms with Crippen LogP contribution < -0.4 is 19.9 Å². The number of ether oxygens (including phenoxy) is 2. The van der Waals surface area contributed by atoms with Gasteiger partial charge in [-0.1, -0.05) is 0 Å². The highest BCUT2D eigenvalue weighted by atomic mass is 16.5. The zero-order valence-corrected chi connectivity index (χ0v) is 16.5. The standard InChI is InChI=1S/C22H25N3O4/c1-2-29-19-9-7-18(8-10-19)25-21(26)15-20(22(25)27)23-16-3-5-17(6-4-16)24-11-13-28-14-12-24/h3-10,20,23H,2,11-15H2,1H3/t20-/m0/s1. The summed E-state index contributed by atoms with van der Waals surface area (Å²) in [6.07, 6.45) is 0.136. The number of nitrogens with one attached hydrogen (secondary N) is 1. The van der Waals surface area contributed by atoms with E-state index in [0.29, 0.717) is 18.0 Å². The van der Waals surface area contributed by atoms with Crippen molar-refractivity contribution in [2.45, 2.75) is 19.4 Å². The average Bonchev–Trinajstić information content (AvgIpc) is 3.03. The van der Waals surface area contributed by atoms with Crippen molar-refractivity contribution in [2.75, 3.05) is 48.0 Å².